The van der Waals surface area contributed by atoms with Crippen LogP contribution in [0.4, 0.5) is 0 Å². The summed E-state index contributed by atoms with van der Waals surface area (Å²) in [7, 11) is 0. The standard InChI is InChI=1S/C12H16O2/c1-2-3-4-5-6-8-11(13)12-9-7-10-14-12/h2,6-8,10,13H,1,3-5,9H2. The Morgan fingerprint density at radius 1 is 1.57 bits per heavy atom. The van der Waals surface area contributed by atoms with Gasteiger partial charge in [-0.25, -0.2) is 0 Å². The van der Waals surface area contributed by atoms with E-state index in [4.69, 9.17) is 4.74 Å². The third kappa shape index (κ3) is 3.52. The normalized spacial score (nSPS) is 18.6. The van der Waals surface area contributed by atoms with Gasteiger partial charge in [-0.1, -0.05) is 12.2 Å². The van der Waals surface area contributed by atoms with Gasteiger partial charge < -0.3 is 9.84 Å². The Hall–Kier alpha value is -1.44. The number of rotatable bonds is 5. The molecule has 2 nitrogen and oxygen atoms in total. The number of unbranched alkanes of at least 4 members (excludes halogenated alkanes) is 2. The van der Waals surface area contributed by atoms with E-state index in [9.17, 15) is 5.11 Å². The van der Waals surface area contributed by atoms with Gasteiger partial charge in [-0.2, -0.15) is 0 Å². The maximum Gasteiger partial charge on any atom is 0.153 e. The lowest BCUT2D eigenvalue weighted by Gasteiger charge is -1.98. The van der Waals surface area contributed by atoms with E-state index in [-0.39, 0.29) is 5.76 Å². The molecule has 0 radical (unpaired) electrons. The molecule has 1 heterocycles. The summed E-state index contributed by atoms with van der Waals surface area (Å²) in [6, 6.07) is 0. The van der Waals surface area contributed by atoms with Crippen LogP contribution in [0.15, 0.2) is 48.7 Å². The zero-order valence-electron chi connectivity index (χ0n) is 8.28. The number of ether oxygens (including phenoxy) is 1. The molecule has 0 unspecified atom stereocenters. The molecule has 0 spiro atoms. The molecular formula is C12H16O2. The molecule has 1 rings (SSSR count). The average molecular weight is 192 g/mol. The van der Waals surface area contributed by atoms with Crippen LogP contribution >= 0.6 is 0 Å². The highest BCUT2D eigenvalue weighted by Gasteiger charge is 2.05. The minimum Gasteiger partial charge on any atom is -0.504 e. The van der Waals surface area contributed by atoms with Crippen LogP contribution < -0.4 is 0 Å². The lowest BCUT2D eigenvalue weighted by molar-refractivity contribution is 0.315. The Morgan fingerprint density at radius 2 is 2.43 bits per heavy atom. The second kappa shape index (κ2) is 6.08. The fourth-order valence-corrected chi connectivity index (χ4v) is 1.17. The Morgan fingerprint density at radius 3 is 3.07 bits per heavy atom. The predicted molar refractivity (Wildman–Crippen MR) is 57.7 cm³/mol. The molecule has 0 saturated heterocycles. The quantitative estimate of drug-likeness (QED) is 0.409. The number of allylic oxidation sites excluding steroid dienone is 4. The summed E-state index contributed by atoms with van der Waals surface area (Å²) >= 11 is 0. The van der Waals surface area contributed by atoms with Gasteiger partial charge in [0.25, 0.3) is 0 Å². The first-order valence-electron chi connectivity index (χ1n) is 4.86. The van der Waals surface area contributed by atoms with Gasteiger partial charge in [-0.15, -0.1) is 6.58 Å². The van der Waals surface area contributed by atoms with Gasteiger partial charge in [0, 0.05) is 6.42 Å². The maximum absolute atomic E-state index is 9.51. The van der Waals surface area contributed by atoms with Crippen LogP contribution in [0.25, 0.3) is 0 Å². The summed E-state index contributed by atoms with van der Waals surface area (Å²) in [6.45, 7) is 3.65. The van der Waals surface area contributed by atoms with Gasteiger partial charge in [-0.3, -0.25) is 0 Å². The van der Waals surface area contributed by atoms with Crippen molar-refractivity contribution in [3.8, 4) is 0 Å². The predicted octanol–water partition coefficient (Wildman–Crippen LogP) is 3.60. The summed E-state index contributed by atoms with van der Waals surface area (Å²) < 4.78 is 5.07. The van der Waals surface area contributed by atoms with Gasteiger partial charge in [0.1, 0.15) is 5.76 Å². The van der Waals surface area contributed by atoms with E-state index in [1.807, 2.05) is 18.2 Å². The van der Waals surface area contributed by atoms with E-state index in [1.54, 1.807) is 12.3 Å². The molecule has 0 aliphatic carbocycles. The molecule has 1 aliphatic rings. The number of hydrogen-bond acceptors (Lipinski definition) is 2. The van der Waals surface area contributed by atoms with Crippen LogP contribution in [0, 0.1) is 0 Å². The van der Waals surface area contributed by atoms with Crippen molar-refractivity contribution in [2.24, 2.45) is 0 Å². The summed E-state index contributed by atoms with van der Waals surface area (Å²) in [4.78, 5) is 0. The van der Waals surface area contributed by atoms with Crippen molar-refractivity contribution in [1.29, 1.82) is 0 Å². The highest BCUT2D eigenvalue weighted by molar-refractivity contribution is 5.19. The Bertz CT molecular complexity index is 262. The average Bonchev–Trinajstić information content (AvgIpc) is 2.70. The van der Waals surface area contributed by atoms with E-state index in [0.29, 0.717) is 12.2 Å². The highest BCUT2D eigenvalue weighted by Crippen LogP contribution is 2.17. The minimum absolute atomic E-state index is 0.230. The molecule has 0 fully saturated rings. The minimum atomic E-state index is 0.230. The van der Waals surface area contributed by atoms with E-state index in [0.717, 1.165) is 19.3 Å². The fraction of sp³-hybridized carbons (Fsp3) is 0.333. The molecular weight excluding hydrogens is 176 g/mol. The van der Waals surface area contributed by atoms with Crippen molar-refractivity contribution in [2.45, 2.75) is 25.7 Å². The van der Waals surface area contributed by atoms with Crippen LogP contribution in [0.3, 0.4) is 0 Å². The first-order valence-corrected chi connectivity index (χ1v) is 4.86. The molecule has 1 N–H and O–H groups in total. The lowest BCUT2D eigenvalue weighted by Crippen LogP contribution is -1.85. The summed E-state index contributed by atoms with van der Waals surface area (Å²) in [5, 5.41) is 9.51. The molecule has 0 bridgehead atoms. The van der Waals surface area contributed by atoms with E-state index in [2.05, 4.69) is 6.58 Å². The molecule has 0 aromatic carbocycles. The molecule has 0 saturated carbocycles. The first kappa shape index (κ1) is 10.6. The third-order valence-corrected chi connectivity index (χ3v) is 1.95. The van der Waals surface area contributed by atoms with Crippen molar-refractivity contribution in [3.63, 3.8) is 0 Å². The Labute approximate surface area is 84.9 Å². The van der Waals surface area contributed by atoms with Crippen LogP contribution in [0.5, 0.6) is 0 Å². The largest absolute Gasteiger partial charge is 0.504 e. The Kier molecular flexibility index (Phi) is 4.62. The third-order valence-electron chi connectivity index (χ3n) is 1.95. The summed E-state index contributed by atoms with van der Waals surface area (Å²) in [6.07, 6.45) is 12.7. The molecule has 76 valence electrons. The second-order valence-corrected chi connectivity index (χ2v) is 3.12. The molecule has 0 atom stereocenters. The molecule has 14 heavy (non-hydrogen) atoms. The monoisotopic (exact) mass is 192 g/mol. The topological polar surface area (TPSA) is 29.5 Å². The molecule has 0 amide bonds. The van der Waals surface area contributed by atoms with E-state index in [1.165, 1.54) is 0 Å². The second-order valence-electron chi connectivity index (χ2n) is 3.12. The zero-order valence-corrected chi connectivity index (χ0v) is 8.28. The van der Waals surface area contributed by atoms with Crippen molar-refractivity contribution in [3.05, 3.63) is 48.7 Å². The zero-order chi connectivity index (χ0) is 10.2. The van der Waals surface area contributed by atoms with Gasteiger partial charge in [0.05, 0.1) is 6.26 Å². The number of hydrogen-bond donors (Lipinski definition) is 1. The highest BCUT2D eigenvalue weighted by atomic mass is 16.5. The molecule has 0 aromatic heterocycles. The Balaban J connectivity index is 2.28. The van der Waals surface area contributed by atoms with Crippen molar-refractivity contribution < 1.29 is 9.84 Å². The lowest BCUT2D eigenvalue weighted by atomic mass is 10.2. The number of aliphatic hydroxyl groups excluding tert-OH is 1. The van der Waals surface area contributed by atoms with Gasteiger partial charge in [0.2, 0.25) is 0 Å². The van der Waals surface area contributed by atoms with Crippen LogP contribution in [-0.2, 0) is 4.74 Å². The maximum atomic E-state index is 9.51. The van der Waals surface area contributed by atoms with Gasteiger partial charge in [-0.05, 0) is 31.4 Å². The smallest absolute Gasteiger partial charge is 0.153 e. The van der Waals surface area contributed by atoms with Gasteiger partial charge >= 0.3 is 0 Å². The van der Waals surface area contributed by atoms with Crippen molar-refractivity contribution >= 4 is 0 Å². The van der Waals surface area contributed by atoms with E-state index < -0.39 is 0 Å². The molecule has 2 heteroatoms. The fourth-order valence-electron chi connectivity index (χ4n) is 1.17. The first-order chi connectivity index (χ1) is 6.84. The van der Waals surface area contributed by atoms with Crippen LogP contribution in [0.1, 0.15) is 25.7 Å². The van der Waals surface area contributed by atoms with Crippen molar-refractivity contribution in [2.75, 3.05) is 0 Å². The molecule has 1 aliphatic heterocycles. The summed E-state index contributed by atoms with van der Waals surface area (Å²) in [5.74, 6) is 0.860. The number of aliphatic hydroxyl groups is 1. The van der Waals surface area contributed by atoms with Crippen LogP contribution in [-0.4, -0.2) is 5.11 Å². The summed E-state index contributed by atoms with van der Waals surface area (Å²) in [5.41, 5.74) is 0. The van der Waals surface area contributed by atoms with Crippen LogP contribution in [0.2, 0.25) is 0 Å². The SMILES string of the molecule is C=CCCCC=CC(O)=C1CC=CO1. The van der Waals surface area contributed by atoms with Crippen molar-refractivity contribution in [1.82, 2.24) is 0 Å². The van der Waals surface area contributed by atoms with Gasteiger partial charge in [0.15, 0.2) is 5.76 Å². The molecule has 0 aromatic rings. The van der Waals surface area contributed by atoms with E-state index >= 15 is 0 Å².